The summed E-state index contributed by atoms with van der Waals surface area (Å²) in [5.41, 5.74) is -0.440. The van der Waals surface area contributed by atoms with Gasteiger partial charge in [-0.05, 0) is 19.8 Å². The van der Waals surface area contributed by atoms with Crippen LogP contribution < -0.4 is 10.9 Å². The average Bonchev–Trinajstić information content (AvgIpc) is 2.23. The van der Waals surface area contributed by atoms with Crippen LogP contribution in [-0.4, -0.2) is 21.0 Å². The zero-order chi connectivity index (χ0) is 13.1. The second-order valence-corrected chi connectivity index (χ2v) is 5.54. The fourth-order valence-electron chi connectivity index (χ4n) is 1.42. The van der Waals surface area contributed by atoms with Crippen molar-refractivity contribution in [1.29, 1.82) is 0 Å². The highest BCUT2D eigenvalue weighted by atomic mass is 35.5. The SMILES string of the molecule is CC(C)Cn1ccnc(NC(C)(C)CCl)c1=O. The zero-order valence-electron chi connectivity index (χ0n) is 10.8. The minimum absolute atomic E-state index is 0.0978. The molecular weight excluding hydrogens is 238 g/mol. The van der Waals surface area contributed by atoms with Gasteiger partial charge in [0.05, 0.1) is 0 Å². The van der Waals surface area contributed by atoms with Gasteiger partial charge in [-0.2, -0.15) is 0 Å². The second kappa shape index (κ2) is 5.54. The first-order valence-electron chi connectivity index (χ1n) is 5.75. The van der Waals surface area contributed by atoms with Gasteiger partial charge >= 0.3 is 0 Å². The summed E-state index contributed by atoms with van der Waals surface area (Å²) >= 11 is 5.82. The molecule has 0 amide bonds. The van der Waals surface area contributed by atoms with Crippen molar-refractivity contribution in [3.63, 3.8) is 0 Å². The smallest absolute Gasteiger partial charge is 0.293 e. The minimum Gasteiger partial charge on any atom is -0.359 e. The minimum atomic E-state index is -0.343. The van der Waals surface area contributed by atoms with E-state index in [1.165, 1.54) is 0 Å². The van der Waals surface area contributed by atoms with Crippen LogP contribution >= 0.6 is 11.6 Å². The van der Waals surface area contributed by atoms with Crippen molar-refractivity contribution < 1.29 is 0 Å². The second-order valence-electron chi connectivity index (χ2n) is 5.27. The van der Waals surface area contributed by atoms with Crippen LogP contribution in [-0.2, 0) is 6.54 Å². The molecule has 1 heterocycles. The summed E-state index contributed by atoms with van der Waals surface area (Å²) in [5.74, 6) is 1.19. The van der Waals surface area contributed by atoms with Crippen LogP contribution in [0, 0.1) is 5.92 Å². The van der Waals surface area contributed by atoms with Crippen LogP contribution in [0.3, 0.4) is 0 Å². The number of nitrogens with zero attached hydrogens (tertiary/aromatic N) is 2. The lowest BCUT2D eigenvalue weighted by atomic mass is 10.1. The van der Waals surface area contributed by atoms with Crippen LogP contribution in [0.15, 0.2) is 17.2 Å². The van der Waals surface area contributed by atoms with Gasteiger partial charge in [-0.1, -0.05) is 13.8 Å². The van der Waals surface area contributed by atoms with Gasteiger partial charge in [0.25, 0.3) is 5.56 Å². The van der Waals surface area contributed by atoms with Crippen LogP contribution in [0.2, 0.25) is 0 Å². The topological polar surface area (TPSA) is 46.9 Å². The molecule has 0 aliphatic heterocycles. The monoisotopic (exact) mass is 257 g/mol. The Morgan fingerprint density at radius 3 is 2.71 bits per heavy atom. The molecule has 1 N–H and O–H groups in total. The molecule has 0 fully saturated rings. The molecule has 96 valence electrons. The number of alkyl halides is 1. The van der Waals surface area contributed by atoms with E-state index in [-0.39, 0.29) is 11.1 Å². The van der Waals surface area contributed by atoms with E-state index in [1.54, 1.807) is 17.0 Å². The van der Waals surface area contributed by atoms with E-state index in [1.807, 2.05) is 13.8 Å². The van der Waals surface area contributed by atoms with Crippen molar-refractivity contribution in [2.45, 2.75) is 39.8 Å². The molecule has 4 nitrogen and oxygen atoms in total. The summed E-state index contributed by atoms with van der Waals surface area (Å²) in [7, 11) is 0. The molecule has 1 rings (SSSR count). The van der Waals surface area contributed by atoms with E-state index in [0.29, 0.717) is 24.2 Å². The normalized spacial score (nSPS) is 11.9. The summed E-state index contributed by atoms with van der Waals surface area (Å²) in [6.45, 7) is 8.70. The number of aromatic nitrogens is 2. The molecule has 1 aromatic rings. The Balaban J connectivity index is 2.99. The van der Waals surface area contributed by atoms with Crippen molar-refractivity contribution >= 4 is 17.4 Å². The van der Waals surface area contributed by atoms with Crippen molar-refractivity contribution in [3.8, 4) is 0 Å². The predicted octanol–water partition coefficient (Wildman–Crippen LogP) is 2.33. The number of halogens is 1. The molecule has 0 aliphatic carbocycles. The van der Waals surface area contributed by atoms with Crippen molar-refractivity contribution in [1.82, 2.24) is 9.55 Å². The lowest BCUT2D eigenvalue weighted by Crippen LogP contribution is -2.37. The quantitative estimate of drug-likeness (QED) is 0.824. The first kappa shape index (κ1) is 14.0. The number of hydrogen-bond acceptors (Lipinski definition) is 3. The van der Waals surface area contributed by atoms with Gasteiger partial charge in [-0.15, -0.1) is 11.6 Å². The number of nitrogens with one attached hydrogen (secondary N) is 1. The molecule has 0 atom stereocenters. The Bertz CT molecular complexity index is 426. The lowest BCUT2D eigenvalue weighted by Gasteiger charge is -2.23. The van der Waals surface area contributed by atoms with Gasteiger partial charge in [0, 0.05) is 30.4 Å². The summed E-state index contributed by atoms with van der Waals surface area (Å²) in [6.07, 6.45) is 3.34. The molecule has 0 saturated carbocycles. The number of anilines is 1. The fraction of sp³-hybridized carbons (Fsp3) is 0.667. The molecule has 0 spiro atoms. The van der Waals surface area contributed by atoms with Gasteiger partial charge in [-0.3, -0.25) is 4.79 Å². The van der Waals surface area contributed by atoms with Gasteiger partial charge in [-0.25, -0.2) is 4.98 Å². The Morgan fingerprint density at radius 2 is 2.18 bits per heavy atom. The van der Waals surface area contributed by atoms with Crippen molar-refractivity contribution in [2.24, 2.45) is 5.92 Å². The maximum absolute atomic E-state index is 12.1. The van der Waals surface area contributed by atoms with Gasteiger partial charge in [0.2, 0.25) is 0 Å². The first-order valence-corrected chi connectivity index (χ1v) is 6.29. The van der Waals surface area contributed by atoms with Gasteiger partial charge in [0.1, 0.15) is 0 Å². The lowest BCUT2D eigenvalue weighted by molar-refractivity contribution is 0.508. The Morgan fingerprint density at radius 1 is 1.53 bits per heavy atom. The summed E-state index contributed by atoms with van der Waals surface area (Å²) in [6, 6.07) is 0. The molecular formula is C12H20ClN3O. The summed E-state index contributed by atoms with van der Waals surface area (Å²) in [5, 5.41) is 3.07. The van der Waals surface area contributed by atoms with E-state index in [4.69, 9.17) is 11.6 Å². The van der Waals surface area contributed by atoms with Crippen LogP contribution in [0.25, 0.3) is 0 Å². The Hall–Kier alpha value is -1.03. The van der Waals surface area contributed by atoms with E-state index in [9.17, 15) is 4.79 Å². The third-order valence-corrected chi connectivity index (χ3v) is 2.93. The standard InChI is InChI=1S/C12H20ClN3O/c1-9(2)7-16-6-5-14-10(11(16)17)15-12(3,4)8-13/h5-6,9H,7-8H2,1-4H3,(H,14,15). The fourth-order valence-corrected chi connectivity index (χ4v) is 1.49. The van der Waals surface area contributed by atoms with E-state index < -0.39 is 0 Å². The van der Waals surface area contributed by atoms with E-state index in [0.717, 1.165) is 0 Å². The molecule has 0 aromatic carbocycles. The third kappa shape index (κ3) is 4.04. The molecule has 5 heteroatoms. The number of hydrogen-bond donors (Lipinski definition) is 1. The highest BCUT2D eigenvalue weighted by Crippen LogP contribution is 2.10. The van der Waals surface area contributed by atoms with Crippen LogP contribution in [0.4, 0.5) is 5.82 Å². The van der Waals surface area contributed by atoms with Gasteiger partial charge in [0.15, 0.2) is 5.82 Å². The molecule has 0 radical (unpaired) electrons. The molecule has 1 aromatic heterocycles. The molecule has 0 unspecified atom stereocenters. The molecule has 0 bridgehead atoms. The van der Waals surface area contributed by atoms with Gasteiger partial charge < -0.3 is 9.88 Å². The summed E-state index contributed by atoms with van der Waals surface area (Å²) < 4.78 is 1.67. The Labute approximate surface area is 107 Å². The maximum atomic E-state index is 12.1. The molecule has 17 heavy (non-hydrogen) atoms. The van der Waals surface area contributed by atoms with Crippen molar-refractivity contribution in [2.75, 3.05) is 11.2 Å². The Kier molecular flexibility index (Phi) is 4.57. The van der Waals surface area contributed by atoms with Crippen LogP contribution in [0.1, 0.15) is 27.7 Å². The van der Waals surface area contributed by atoms with E-state index in [2.05, 4.69) is 24.1 Å². The molecule has 0 saturated heterocycles. The largest absolute Gasteiger partial charge is 0.359 e. The highest BCUT2D eigenvalue weighted by Gasteiger charge is 2.18. The summed E-state index contributed by atoms with van der Waals surface area (Å²) in [4.78, 5) is 16.2. The zero-order valence-corrected chi connectivity index (χ0v) is 11.6. The van der Waals surface area contributed by atoms with E-state index >= 15 is 0 Å². The maximum Gasteiger partial charge on any atom is 0.293 e. The van der Waals surface area contributed by atoms with Crippen molar-refractivity contribution in [3.05, 3.63) is 22.7 Å². The third-order valence-electron chi connectivity index (χ3n) is 2.27. The predicted molar refractivity (Wildman–Crippen MR) is 71.8 cm³/mol. The average molecular weight is 258 g/mol. The van der Waals surface area contributed by atoms with Crippen LogP contribution in [0.5, 0.6) is 0 Å². The first-order chi connectivity index (χ1) is 7.85. The highest BCUT2D eigenvalue weighted by molar-refractivity contribution is 6.18. The molecule has 0 aliphatic rings. The number of rotatable bonds is 5.